The van der Waals surface area contributed by atoms with Gasteiger partial charge in [0.2, 0.25) is 0 Å². The number of methoxy groups -OCH3 is 1. The first-order valence-electron chi connectivity index (χ1n) is 8.02. The summed E-state index contributed by atoms with van der Waals surface area (Å²) in [6, 6.07) is 11.9. The van der Waals surface area contributed by atoms with E-state index in [1.165, 1.54) is 19.2 Å². The molecule has 0 aliphatic carbocycles. The van der Waals surface area contributed by atoms with Gasteiger partial charge in [-0.3, -0.25) is 0 Å². The van der Waals surface area contributed by atoms with Gasteiger partial charge in [0.15, 0.2) is 0 Å². The molecule has 0 saturated heterocycles. The molecule has 8 heteroatoms. The second kappa shape index (κ2) is 8.13. The zero-order chi connectivity index (χ0) is 19.4. The van der Waals surface area contributed by atoms with Crippen LogP contribution in [0.2, 0.25) is 0 Å². The number of esters is 1. The van der Waals surface area contributed by atoms with E-state index in [4.69, 9.17) is 13.9 Å². The van der Waals surface area contributed by atoms with Crippen molar-refractivity contribution in [3.63, 3.8) is 0 Å². The van der Waals surface area contributed by atoms with Crippen molar-refractivity contribution in [2.45, 2.75) is 6.92 Å². The zero-order valence-electron chi connectivity index (χ0n) is 14.6. The summed E-state index contributed by atoms with van der Waals surface area (Å²) in [6.45, 7) is 1.82. The summed E-state index contributed by atoms with van der Waals surface area (Å²) in [5.74, 6) is -0.350. The molecule has 0 N–H and O–H groups in total. The van der Waals surface area contributed by atoms with Crippen LogP contribution in [0.1, 0.15) is 17.3 Å². The third-order valence-corrected chi connectivity index (χ3v) is 4.16. The van der Waals surface area contributed by atoms with Crippen LogP contribution in [0.5, 0.6) is 5.75 Å². The summed E-state index contributed by atoms with van der Waals surface area (Å²) >= 11 is 3.36. The molecule has 0 unspecified atom stereocenters. The largest absolute Gasteiger partial charge is 0.494 e. The summed E-state index contributed by atoms with van der Waals surface area (Å²) in [7, 11) is 1.48. The first-order valence-corrected chi connectivity index (χ1v) is 8.81. The Kier molecular flexibility index (Phi) is 5.66. The number of carbonyl (C=O) groups is 1. The number of halogens is 1. The summed E-state index contributed by atoms with van der Waals surface area (Å²) in [5, 5.41) is 8.89. The summed E-state index contributed by atoms with van der Waals surface area (Å²) < 4.78 is 16.3. The highest BCUT2D eigenvalue weighted by atomic mass is 79.9. The predicted molar refractivity (Wildman–Crippen MR) is 103 cm³/mol. The van der Waals surface area contributed by atoms with Crippen LogP contribution in [-0.4, -0.2) is 19.7 Å². The molecule has 2 aromatic carbocycles. The molecule has 0 atom stereocenters. The van der Waals surface area contributed by atoms with E-state index in [9.17, 15) is 9.59 Å². The van der Waals surface area contributed by atoms with Crippen LogP contribution >= 0.6 is 15.9 Å². The number of azo groups is 1. The van der Waals surface area contributed by atoms with E-state index in [0.717, 1.165) is 4.47 Å². The van der Waals surface area contributed by atoms with Crippen molar-refractivity contribution < 1.29 is 18.7 Å². The van der Waals surface area contributed by atoms with E-state index in [2.05, 4.69) is 26.2 Å². The summed E-state index contributed by atoms with van der Waals surface area (Å²) in [6.07, 6.45) is 0. The minimum absolute atomic E-state index is 0.158. The molecule has 0 saturated carbocycles. The number of hydrogen-bond acceptors (Lipinski definition) is 7. The number of hydrogen-bond donors (Lipinski definition) is 0. The van der Waals surface area contributed by atoms with E-state index < -0.39 is 11.6 Å². The second-order valence-electron chi connectivity index (χ2n) is 5.41. The fourth-order valence-corrected chi connectivity index (χ4v) is 2.61. The van der Waals surface area contributed by atoms with Gasteiger partial charge in [0.05, 0.1) is 19.4 Å². The minimum atomic E-state index is -0.771. The fraction of sp³-hybridized carbons (Fsp3) is 0.158. The van der Waals surface area contributed by atoms with Crippen LogP contribution in [0.15, 0.2) is 66.4 Å². The van der Waals surface area contributed by atoms with Crippen molar-refractivity contribution >= 4 is 44.2 Å². The Morgan fingerprint density at radius 3 is 2.56 bits per heavy atom. The molecule has 0 aliphatic rings. The van der Waals surface area contributed by atoms with Crippen LogP contribution in [0.25, 0.3) is 11.0 Å². The van der Waals surface area contributed by atoms with Gasteiger partial charge in [-0.15, -0.1) is 5.11 Å². The first kappa shape index (κ1) is 18.8. The maximum absolute atomic E-state index is 12.0. The molecule has 3 aromatic rings. The lowest BCUT2D eigenvalue weighted by Crippen LogP contribution is -2.16. The number of rotatable bonds is 5. The number of ether oxygens (including phenoxy) is 2. The molecule has 0 aliphatic heterocycles. The molecular formula is C19H15BrN2O5. The van der Waals surface area contributed by atoms with Gasteiger partial charge in [-0.1, -0.05) is 15.9 Å². The fourth-order valence-electron chi connectivity index (χ4n) is 2.35. The SMILES string of the molecule is CCOC(=O)c1cc2cc(N=Nc3ccc(Br)cc3)c(OC)cc2oc1=O. The Bertz CT molecular complexity index is 1070. The third kappa shape index (κ3) is 4.22. The number of fused-ring (bicyclic) bond motifs is 1. The van der Waals surface area contributed by atoms with Gasteiger partial charge in [0.1, 0.15) is 22.6 Å². The van der Waals surface area contributed by atoms with Crippen LogP contribution in [0, 0.1) is 0 Å². The van der Waals surface area contributed by atoms with Crippen molar-refractivity contribution in [1.82, 2.24) is 0 Å². The van der Waals surface area contributed by atoms with Gasteiger partial charge in [-0.2, -0.15) is 5.11 Å². The molecule has 0 amide bonds. The lowest BCUT2D eigenvalue weighted by atomic mass is 10.1. The Morgan fingerprint density at radius 1 is 1.15 bits per heavy atom. The third-order valence-electron chi connectivity index (χ3n) is 3.63. The Hall–Kier alpha value is -3.00. The quantitative estimate of drug-likeness (QED) is 0.316. The minimum Gasteiger partial charge on any atom is -0.494 e. The van der Waals surface area contributed by atoms with Gasteiger partial charge in [-0.25, -0.2) is 9.59 Å². The maximum atomic E-state index is 12.0. The van der Waals surface area contributed by atoms with Crippen LogP contribution in [0.4, 0.5) is 11.4 Å². The zero-order valence-corrected chi connectivity index (χ0v) is 16.1. The predicted octanol–water partition coefficient (Wildman–Crippen LogP) is 5.16. The molecule has 0 spiro atoms. The number of nitrogens with zero attached hydrogens (tertiary/aromatic N) is 2. The molecule has 1 heterocycles. The molecule has 27 heavy (non-hydrogen) atoms. The van der Waals surface area contributed by atoms with E-state index in [0.29, 0.717) is 22.5 Å². The number of benzene rings is 2. The van der Waals surface area contributed by atoms with Crippen LogP contribution in [-0.2, 0) is 4.74 Å². The summed E-state index contributed by atoms with van der Waals surface area (Å²) in [4.78, 5) is 23.9. The van der Waals surface area contributed by atoms with Crippen molar-refractivity contribution in [2.75, 3.05) is 13.7 Å². The molecule has 0 radical (unpaired) electrons. The lowest BCUT2D eigenvalue weighted by Gasteiger charge is -2.07. The molecule has 138 valence electrons. The molecule has 3 rings (SSSR count). The lowest BCUT2D eigenvalue weighted by molar-refractivity contribution is 0.0522. The topological polar surface area (TPSA) is 90.5 Å². The average Bonchev–Trinajstić information content (AvgIpc) is 2.66. The van der Waals surface area contributed by atoms with Gasteiger partial charge < -0.3 is 13.9 Å². The highest BCUT2D eigenvalue weighted by molar-refractivity contribution is 9.10. The Labute approximate surface area is 162 Å². The molecular weight excluding hydrogens is 416 g/mol. The standard InChI is InChI=1S/C19H15BrN2O5/c1-3-26-18(23)14-8-11-9-15(17(25-2)10-16(11)27-19(14)24)22-21-13-6-4-12(20)5-7-13/h4-10H,3H2,1-2H3. The Balaban J connectivity index is 2.06. The van der Waals surface area contributed by atoms with Crippen LogP contribution < -0.4 is 10.4 Å². The second-order valence-corrected chi connectivity index (χ2v) is 6.32. The van der Waals surface area contributed by atoms with Gasteiger partial charge in [-0.05, 0) is 43.3 Å². The highest BCUT2D eigenvalue weighted by Crippen LogP contribution is 2.33. The monoisotopic (exact) mass is 430 g/mol. The maximum Gasteiger partial charge on any atom is 0.351 e. The summed E-state index contributed by atoms with van der Waals surface area (Å²) in [5.41, 5.74) is 0.411. The van der Waals surface area contributed by atoms with Gasteiger partial charge >= 0.3 is 11.6 Å². The van der Waals surface area contributed by atoms with E-state index in [1.807, 2.05) is 12.1 Å². The van der Waals surface area contributed by atoms with Crippen molar-refractivity contribution in [2.24, 2.45) is 10.2 Å². The van der Waals surface area contributed by atoms with E-state index in [1.54, 1.807) is 25.1 Å². The van der Waals surface area contributed by atoms with Gasteiger partial charge in [0.25, 0.3) is 0 Å². The van der Waals surface area contributed by atoms with E-state index in [-0.39, 0.29) is 17.8 Å². The smallest absolute Gasteiger partial charge is 0.351 e. The number of carbonyl (C=O) groups excluding carboxylic acids is 1. The van der Waals surface area contributed by atoms with Crippen molar-refractivity contribution in [3.05, 3.63) is 62.9 Å². The van der Waals surface area contributed by atoms with E-state index >= 15 is 0 Å². The normalized spacial score (nSPS) is 11.1. The first-order chi connectivity index (χ1) is 13.0. The molecule has 7 nitrogen and oxygen atoms in total. The van der Waals surface area contributed by atoms with Crippen LogP contribution in [0.3, 0.4) is 0 Å². The molecule has 1 aromatic heterocycles. The van der Waals surface area contributed by atoms with Crippen molar-refractivity contribution in [3.8, 4) is 5.75 Å². The van der Waals surface area contributed by atoms with Gasteiger partial charge in [0, 0.05) is 15.9 Å². The van der Waals surface area contributed by atoms with Crippen molar-refractivity contribution in [1.29, 1.82) is 0 Å². The average molecular weight is 431 g/mol. The highest BCUT2D eigenvalue weighted by Gasteiger charge is 2.16. The Morgan fingerprint density at radius 2 is 1.89 bits per heavy atom. The molecule has 0 bridgehead atoms. The molecule has 0 fully saturated rings.